The van der Waals surface area contributed by atoms with Gasteiger partial charge in [0.25, 0.3) is 0 Å². The Balaban J connectivity index is 2.36. The molecule has 2 aromatic rings. The van der Waals surface area contributed by atoms with Gasteiger partial charge in [-0.05, 0) is 53.3 Å². The van der Waals surface area contributed by atoms with Gasteiger partial charge in [0.15, 0.2) is 0 Å². The quantitative estimate of drug-likeness (QED) is 0.816. The molecule has 0 aliphatic rings. The number of hydrogen-bond acceptors (Lipinski definition) is 2. The van der Waals surface area contributed by atoms with E-state index in [1.54, 1.807) is 10.7 Å². The maximum atomic E-state index is 13.2. The van der Waals surface area contributed by atoms with E-state index < -0.39 is 0 Å². The molecule has 0 aliphatic carbocycles. The molecule has 1 N–H and O–H groups in total. The summed E-state index contributed by atoms with van der Waals surface area (Å²) in [7, 11) is 1.90. The number of hydrogen-bond donors (Lipinski definition) is 1. The Labute approximate surface area is 126 Å². The first kappa shape index (κ1) is 14.5. The molecule has 1 aromatic carbocycles. The molecule has 1 unspecified atom stereocenters. The number of halogens is 2. The van der Waals surface area contributed by atoms with Gasteiger partial charge >= 0.3 is 0 Å². The monoisotopic (exact) mass is 373 g/mol. The molecule has 0 radical (unpaired) electrons. The van der Waals surface area contributed by atoms with Gasteiger partial charge in [0.05, 0.1) is 12.2 Å². The summed E-state index contributed by atoms with van der Waals surface area (Å²) in [5.74, 6) is -0.200. The molecule has 2 rings (SSSR count). The lowest BCUT2D eigenvalue weighted by Crippen LogP contribution is -2.23. The highest BCUT2D eigenvalue weighted by molar-refractivity contribution is 14.1. The molecule has 0 bridgehead atoms. The smallest absolute Gasteiger partial charge is 0.124 e. The van der Waals surface area contributed by atoms with Crippen molar-refractivity contribution in [3.8, 4) is 0 Å². The van der Waals surface area contributed by atoms with E-state index in [0.29, 0.717) is 0 Å². The summed E-state index contributed by atoms with van der Waals surface area (Å²) in [5, 5.41) is 7.71. The van der Waals surface area contributed by atoms with Gasteiger partial charge < -0.3 is 5.32 Å². The fourth-order valence-corrected chi connectivity index (χ4v) is 2.81. The van der Waals surface area contributed by atoms with Crippen molar-refractivity contribution in [1.82, 2.24) is 15.1 Å². The topological polar surface area (TPSA) is 29.9 Å². The highest BCUT2D eigenvalue weighted by Gasteiger charge is 2.17. The highest BCUT2D eigenvalue weighted by atomic mass is 127. The zero-order chi connectivity index (χ0) is 13.8. The molecule has 0 aliphatic heterocycles. The summed E-state index contributed by atoms with van der Waals surface area (Å²) in [6, 6.07) is 4.97. The lowest BCUT2D eigenvalue weighted by molar-refractivity contribution is 0.590. The van der Waals surface area contributed by atoms with Crippen LogP contribution in [0.4, 0.5) is 4.39 Å². The number of aromatic nitrogens is 2. The number of rotatable bonds is 5. The summed E-state index contributed by atoms with van der Waals surface area (Å²) in [4.78, 5) is 0. The molecule has 0 fully saturated rings. The Morgan fingerprint density at radius 1 is 1.47 bits per heavy atom. The van der Waals surface area contributed by atoms with Gasteiger partial charge in [-0.2, -0.15) is 5.10 Å². The molecule has 0 spiro atoms. The van der Waals surface area contributed by atoms with Crippen molar-refractivity contribution in [1.29, 1.82) is 0 Å². The number of benzene rings is 1. The summed E-state index contributed by atoms with van der Waals surface area (Å²) < 4.78 is 15.9. The lowest BCUT2D eigenvalue weighted by atomic mass is 10.0. The summed E-state index contributed by atoms with van der Waals surface area (Å²) in [6.45, 7) is 3.04. The highest BCUT2D eigenvalue weighted by Crippen LogP contribution is 2.26. The molecule has 102 valence electrons. The van der Waals surface area contributed by atoms with Gasteiger partial charge in [-0.1, -0.05) is 13.0 Å². The fraction of sp³-hybridized carbons (Fsp3) is 0.357. The third-order valence-corrected chi connectivity index (χ3v) is 3.86. The Morgan fingerprint density at radius 3 is 2.84 bits per heavy atom. The molecule has 3 nitrogen and oxygen atoms in total. The van der Waals surface area contributed by atoms with Crippen LogP contribution in [0, 0.1) is 9.39 Å². The minimum atomic E-state index is -0.200. The molecule has 0 amide bonds. The van der Waals surface area contributed by atoms with Crippen LogP contribution in [0.15, 0.2) is 30.6 Å². The van der Waals surface area contributed by atoms with Crippen molar-refractivity contribution in [2.24, 2.45) is 7.05 Å². The van der Waals surface area contributed by atoms with E-state index in [0.717, 1.165) is 27.7 Å². The molecule has 1 atom stereocenters. The van der Waals surface area contributed by atoms with E-state index >= 15 is 0 Å². The van der Waals surface area contributed by atoms with E-state index in [2.05, 4.69) is 39.9 Å². The van der Waals surface area contributed by atoms with Gasteiger partial charge in [0.2, 0.25) is 0 Å². The average Bonchev–Trinajstić information content (AvgIpc) is 2.78. The Morgan fingerprint density at radius 2 is 2.26 bits per heavy atom. The maximum absolute atomic E-state index is 13.2. The van der Waals surface area contributed by atoms with Crippen LogP contribution >= 0.6 is 22.6 Å². The van der Waals surface area contributed by atoms with Crippen molar-refractivity contribution in [2.75, 3.05) is 6.54 Å². The first-order valence-electron chi connectivity index (χ1n) is 6.28. The standard InChI is InChI=1S/C14H17FIN3/c1-3-6-17-14(10-8-18-19(2)9-10)12-5-4-11(15)7-13(12)16/h4-5,7-9,14,17H,3,6H2,1-2H3. The molecule has 19 heavy (non-hydrogen) atoms. The second-order valence-electron chi connectivity index (χ2n) is 4.50. The first-order chi connectivity index (χ1) is 9.11. The van der Waals surface area contributed by atoms with Crippen LogP contribution in [0.1, 0.15) is 30.5 Å². The lowest BCUT2D eigenvalue weighted by Gasteiger charge is -2.19. The average molecular weight is 373 g/mol. The molecular formula is C14H17FIN3. The summed E-state index contributed by atoms with van der Waals surface area (Å²) >= 11 is 2.18. The molecule has 1 aromatic heterocycles. The summed E-state index contributed by atoms with van der Waals surface area (Å²) in [5.41, 5.74) is 2.18. The van der Waals surface area contributed by atoms with Gasteiger partial charge in [0.1, 0.15) is 5.82 Å². The van der Waals surface area contributed by atoms with E-state index in [1.807, 2.05) is 25.5 Å². The van der Waals surface area contributed by atoms with Gasteiger partial charge in [-0.15, -0.1) is 0 Å². The van der Waals surface area contributed by atoms with Crippen molar-refractivity contribution in [3.05, 3.63) is 51.1 Å². The van der Waals surface area contributed by atoms with Crippen LogP contribution in [0.3, 0.4) is 0 Å². The van der Waals surface area contributed by atoms with Crippen LogP contribution in [-0.4, -0.2) is 16.3 Å². The molecule has 5 heteroatoms. The zero-order valence-corrected chi connectivity index (χ0v) is 13.2. The third-order valence-electron chi connectivity index (χ3n) is 2.93. The van der Waals surface area contributed by atoms with Crippen molar-refractivity contribution >= 4 is 22.6 Å². The predicted octanol–water partition coefficient (Wildman–Crippen LogP) is 3.25. The maximum Gasteiger partial charge on any atom is 0.124 e. The van der Waals surface area contributed by atoms with E-state index in [-0.39, 0.29) is 11.9 Å². The second kappa shape index (κ2) is 6.47. The van der Waals surface area contributed by atoms with Crippen molar-refractivity contribution in [3.63, 3.8) is 0 Å². The van der Waals surface area contributed by atoms with Gasteiger partial charge in [-0.25, -0.2) is 4.39 Å². The minimum absolute atomic E-state index is 0.0566. The van der Waals surface area contributed by atoms with Crippen molar-refractivity contribution in [2.45, 2.75) is 19.4 Å². The third kappa shape index (κ3) is 3.54. The number of nitrogens with one attached hydrogen (secondary N) is 1. The predicted molar refractivity (Wildman–Crippen MR) is 82.5 cm³/mol. The Kier molecular flexibility index (Phi) is 4.93. The second-order valence-corrected chi connectivity index (χ2v) is 5.66. The van der Waals surface area contributed by atoms with Crippen LogP contribution < -0.4 is 5.32 Å². The largest absolute Gasteiger partial charge is 0.306 e. The van der Waals surface area contributed by atoms with Crippen LogP contribution in [-0.2, 0) is 7.05 Å². The first-order valence-corrected chi connectivity index (χ1v) is 7.36. The van der Waals surface area contributed by atoms with Crippen LogP contribution in [0.25, 0.3) is 0 Å². The number of nitrogens with zero attached hydrogens (tertiary/aromatic N) is 2. The normalized spacial score (nSPS) is 12.6. The van der Waals surface area contributed by atoms with Gasteiger partial charge in [-0.3, -0.25) is 4.68 Å². The van der Waals surface area contributed by atoms with Crippen molar-refractivity contribution < 1.29 is 4.39 Å². The van der Waals surface area contributed by atoms with Crippen LogP contribution in [0.2, 0.25) is 0 Å². The van der Waals surface area contributed by atoms with Gasteiger partial charge in [0, 0.05) is 22.4 Å². The fourth-order valence-electron chi connectivity index (χ4n) is 2.02. The molecular weight excluding hydrogens is 356 g/mol. The number of aryl methyl sites for hydroxylation is 1. The Bertz CT molecular complexity index is 553. The van der Waals surface area contributed by atoms with E-state index in [4.69, 9.17) is 0 Å². The van der Waals surface area contributed by atoms with Crippen LogP contribution in [0.5, 0.6) is 0 Å². The summed E-state index contributed by atoms with van der Waals surface area (Å²) in [6.07, 6.45) is 4.90. The molecule has 0 saturated carbocycles. The SMILES string of the molecule is CCCNC(c1cnn(C)c1)c1ccc(F)cc1I. The van der Waals surface area contributed by atoms with E-state index in [9.17, 15) is 4.39 Å². The molecule has 1 heterocycles. The Hall–Kier alpha value is -0.950. The molecule has 0 saturated heterocycles. The van der Waals surface area contributed by atoms with E-state index in [1.165, 1.54) is 6.07 Å². The minimum Gasteiger partial charge on any atom is -0.306 e. The zero-order valence-electron chi connectivity index (χ0n) is 11.0.